The van der Waals surface area contributed by atoms with Crippen molar-refractivity contribution in [3.63, 3.8) is 0 Å². The van der Waals surface area contributed by atoms with E-state index in [9.17, 15) is 19.2 Å². The molecule has 2 aliphatic rings. The summed E-state index contributed by atoms with van der Waals surface area (Å²) < 4.78 is 3.07. The zero-order valence-electron chi connectivity index (χ0n) is 15.3. The smallest absolute Gasteiger partial charge is 0.303 e. The van der Waals surface area contributed by atoms with E-state index < -0.39 is 11.9 Å². The number of aldehydes is 1. The van der Waals surface area contributed by atoms with Crippen molar-refractivity contribution in [1.82, 2.24) is 14.5 Å². The van der Waals surface area contributed by atoms with Crippen LogP contribution in [-0.4, -0.2) is 27.2 Å². The van der Waals surface area contributed by atoms with Gasteiger partial charge in [0.15, 0.2) is 0 Å². The highest BCUT2D eigenvalue weighted by molar-refractivity contribution is 6.00. The van der Waals surface area contributed by atoms with Gasteiger partial charge in [-0.3, -0.25) is 24.0 Å². The minimum atomic E-state index is -0.659. The molecule has 142 valence electrons. The Kier molecular flexibility index (Phi) is 4.45. The number of imidazole rings is 1. The second-order valence-electron chi connectivity index (χ2n) is 7.67. The zero-order chi connectivity index (χ0) is 19.1. The third-order valence-corrected chi connectivity index (χ3v) is 6.07. The molecule has 0 bridgehead atoms. The number of carbonyl (C=O) groups excluding carboxylic acids is 3. The van der Waals surface area contributed by atoms with Crippen LogP contribution < -0.4 is 11.0 Å². The Morgan fingerprint density at radius 1 is 1.04 bits per heavy atom. The lowest BCUT2D eigenvalue weighted by Gasteiger charge is -2.26. The van der Waals surface area contributed by atoms with Crippen molar-refractivity contribution in [2.75, 3.05) is 0 Å². The predicted octanol–water partition coefficient (Wildman–Crippen LogP) is 1.79. The predicted molar refractivity (Wildman–Crippen MR) is 99.4 cm³/mol. The lowest BCUT2D eigenvalue weighted by Crippen LogP contribution is -2.44. The quantitative estimate of drug-likeness (QED) is 0.660. The molecule has 27 heavy (non-hydrogen) atoms. The summed E-state index contributed by atoms with van der Waals surface area (Å²) in [7, 11) is 1.71. The van der Waals surface area contributed by atoms with Crippen LogP contribution in [0.25, 0.3) is 11.0 Å². The number of hydrogen-bond acceptors (Lipinski definition) is 4. The maximum Gasteiger partial charge on any atom is 0.329 e. The number of aryl methyl sites for hydroxylation is 1. The number of carbonyl (C=O) groups is 3. The zero-order valence-corrected chi connectivity index (χ0v) is 15.3. The molecule has 1 aliphatic carbocycles. The van der Waals surface area contributed by atoms with Crippen LogP contribution in [0.4, 0.5) is 0 Å². The number of rotatable bonds is 3. The molecule has 1 aliphatic heterocycles. The molecule has 1 aromatic heterocycles. The van der Waals surface area contributed by atoms with Gasteiger partial charge < -0.3 is 4.79 Å². The Morgan fingerprint density at radius 3 is 2.44 bits per heavy atom. The lowest BCUT2D eigenvalue weighted by molar-refractivity contribution is -0.135. The van der Waals surface area contributed by atoms with Crippen LogP contribution >= 0.6 is 0 Å². The van der Waals surface area contributed by atoms with Gasteiger partial charge in [0, 0.05) is 19.4 Å². The van der Waals surface area contributed by atoms with Gasteiger partial charge in [-0.05, 0) is 55.7 Å². The summed E-state index contributed by atoms with van der Waals surface area (Å²) in [6.07, 6.45) is 5.37. The molecule has 1 atom stereocenters. The van der Waals surface area contributed by atoms with Gasteiger partial charge in [-0.2, -0.15) is 0 Å². The van der Waals surface area contributed by atoms with Gasteiger partial charge in [-0.15, -0.1) is 0 Å². The van der Waals surface area contributed by atoms with Crippen LogP contribution in [0.3, 0.4) is 0 Å². The highest BCUT2D eigenvalue weighted by Gasteiger charge is 2.31. The Labute approximate surface area is 156 Å². The monoisotopic (exact) mass is 369 g/mol. The molecular weight excluding hydrogens is 346 g/mol. The maximum absolute atomic E-state index is 12.8. The summed E-state index contributed by atoms with van der Waals surface area (Å²) in [5.41, 5.74) is 2.42. The van der Waals surface area contributed by atoms with Crippen LogP contribution in [0, 0.1) is 5.92 Å². The molecule has 4 rings (SSSR count). The Morgan fingerprint density at radius 2 is 1.78 bits per heavy atom. The molecule has 1 saturated carbocycles. The number of piperidine rings is 1. The molecule has 1 N–H and O–H groups in total. The normalized spacial score (nSPS) is 26.2. The first-order valence-corrected chi connectivity index (χ1v) is 9.49. The molecule has 7 heteroatoms. The standard InChI is InChI=1S/C20H23N3O4/c1-22-17-10-14(13-4-2-12(11-24)3-5-13)6-7-15(17)23(20(22)27)16-8-9-18(25)21-19(16)26/h6-7,10-13,16H,2-5,8-9H2,1H3,(H,21,25,26). The topological polar surface area (TPSA) is 90.2 Å². The van der Waals surface area contributed by atoms with E-state index in [-0.39, 0.29) is 23.9 Å². The number of imide groups is 1. The van der Waals surface area contributed by atoms with Gasteiger partial charge in [0.25, 0.3) is 0 Å². The summed E-state index contributed by atoms with van der Waals surface area (Å²) in [5.74, 6) is -0.155. The van der Waals surface area contributed by atoms with Crippen molar-refractivity contribution in [3.05, 3.63) is 34.2 Å². The Balaban J connectivity index is 1.71. The van der Waals surface area contributed by atoms with Crippen molar-refractivity contribution < 1.29 is 14.4 Å². The third kappa shape index (κ3) is 3.01. The second kappa shape index (κ2) is 6.79. The molecule has 0 radical (unpaired) electrons. The van der Waals surface area contributed by atoms with Crippen molar-refractivity contribution in [2.24, 2.45) is 13.0 Å². The molecule has 1 unspecified atom stereocenters. The van der Waals surface area contributed by atoms with Crippen molar-refractivity contribution in [2.45, 2.75) is 50.5 Å². The van der Waals surface area contributed by atoms with E-state index in [0.29, 0.717) is 17.9 Å². The number of benzene rings is 1. The molecule has 7 nitrogen and oxygen atoms in total. The first-order valence-electron chi connectivity index (χ1n) is 9.49. The number of aromatic nitrogens is 2. The van der Waals surface area contributed by atoms with E-state index in [1.54, 1.807) is 11.6 Å². The molecule has 2 aromatic rings. The second-order valence-corrected chi connectivity index (χ2v) is 7.67. The first-order chi connectivity index (χ1) is 13.0. The van der Waals surface area contributed by atoms with Crippen LogP contribution in [0.2, 0.25) is 0 Å². The summed E-state index contributed by atoms with van der Waals surface area (Å²) >= 11 is 0. The SMILES string of the molecule is Cn1c(=O)n(C2CCC(=O)NC2=O)c2ccc(C3CCC(C=O)CC3)cc21. The van der Waals surface area contributed by atoms with E-state index in [0.717, 1.165) is 37.5 Å². The third-order valence-electron chi connectivity index (χ3n) is 6.07. The number of nitrogens with one attached hydrogen (secondary N) is 1. The lowest BCUT2D eigenvalue weighted by atomic mass is 9.79. The fourth-order valence-electron chi connectivity index (χ4n) is 4.45. The van der Waals surface area contributed by atoms with Gasteiger partial charge >= 0.3 is 5.69 Å². The largest absolute Gasteiger partial charge is 0.329 e. The van der Waals surface area contributed by atoms with Gasteiger partial charge in [-0.25, -0.2) is 4.79 Å². The Hall–Kier alpha value is -2.70. The first kappa shape index (κ1) is 17.7. The summed E-state index contributed by atoms with van der Waals surface area (Å²) in [5, 5.41) is 2.33. The number of fused-ring (bicyclic) bond motifs is 1. The van der Waals surface area contributed by atoms with Gasteiger partial charge in [0.2, 0.25) is 11.8 Å². The summed E-state index contributed by atoms with van der Waals surface area (Å²) in [6.45, 7) is 0. The molecule has 1 saturated heterocycles. The van der Waals surface area contributed by atoms with E-state index in [2.05, 4.69) is 5.32 Å². The fraction of sp³-hybridized carbons (Fsp3) is 0.500. The summed E-state index contributed by atoms with van der Waals surface area (Å²) in [6, 6.07) is 5.30. The molecular formula is C20H23N3O4. The molecule has 2 fully saturated rings. The van der Waals surface area contributed by atoms with Crippen molar-refractivity contribution >= 4 is 29.1 Å². The van der Waals surface area contributed by atoms with Crippen LogP contribution in [0.1, 0.15) is 56.0 Å². The highest BCUT2D eigenvalue weighted by atomic mass is 16.2. The van der Waals surface area contributed by atoms with Crippen LogP contribution in [0.15, 0.2) is 23.0 Å². The maximum atomic E-state index is 12.8. The van der Waals surface area contributed by atoms with Gasteiger partial charge in [0.05, 0.1) is 11.0 Å². The van der Waals surface area contributed by atoms with Crippen molar-refractivity contribution in [3.8, 4) is 0 Å². The number of nitrogens with zero attached hydrogens (tertiary/aromatic N) is 2. The number of hydrogen-bond donors (Lipinski definition) is 1. The van der Waals surface area contributed by atoms with Crippen LogP contribution in [-0.2, 0) is 21.4 Å². The van der Waals surface area contributed by atoms with E-state index in [4.69, 9.17) is 0 Å². The van der Waals surface area contributed by atoms with Gasteiger partial charge in [-0.1, -0.05) is 6.07 Å². The number of amides is 2. The molecule has 2 amide bonds. The van der Waals surface area contributed by atoms with Crippen LogP contribution in [0.5, 0.6) is 0 Å². The average Bonchev–Trinajstić information content (AvgIpc) is 2.92. The van der Waals surface area contributed by atoms with E-state index >= 15 is 0 Å². The minimum Gasteiger partial charge on any atom is -0.303 e. The minimum absolute atomic E-state index is 0.169. The average molecular weight is 369 g/mol. The van der Waals surface area contributed by atoms with Crippen molar-refractivity contribution in [1.29, 1.82) is 0 Å². The molecule has 0 spiro atoms. The van der Waals surface area contributed by atoms with E-state index in [1.165, 1.54) is 10.1 Å². The van der Waals surface area contributed by atoms with E-state index in [1.807, 2.05) is 18.2 Å². The summed E-state index contributed by atoms with van der Waals surface area (Å²) in [4.78, 5) is 47.4. The fourth-order valence-corrected chi connectivity index (χ4v) is 4.45. The molecule has 1 aromatic carbocycles. The van der Waals surface area contributed by atoms with Gasteiger partial charge in [0.1, 0.15) is 12.3 Å². The molecule has 2 heterocycles. The Bertz CT molecular complexity index is 979. The highest BCUT2D eigenvalue weighted by Crippen LogP contribution is 2.36.